The van der Waals surface area contributed by atoms with E-state index in [9.17, 15) is 4.79 Å². The summed E-state index contributed by atoms with van der Waals surface area (Å²) in [5.74, 6) is 2.09. The zero-order valence-electron chi connectivity index (χ0n) is 17.8. The van der Waals surface area contributed by atoms with Crippen LogP contribution in [0.3, 0.4) is 0 Å². The fourth-order valence-electron chi connectivity index (χ4n) is 3.51. The van der Waals surface area contributed by atoms with Gasteiger partial charge in [0.1, 0.15) is 5.75 Å². The predicted octanol–water partition coefficient (Wildman–Crippen LogP) is 3.67. The van der Waals surface area contributed by atoms with Crippen LogP contribution in [0.15, 0.2) is 59.1 Å². The highest BCUT2D eigenvalue weighted by Crippen LogP contribution is 2.22. The third kappa shape index (κ3) is 4.94. The van der Waals surface area contributed by atoms with Gasteiger partial charge in [-0.2, -0.15) is 4.98 Å². The van der Waals surface area contributed by atoms with Crippen LogP contribution in [-0.4, -0.2) is 54.2 Å². The number of carbonyl (C=O) groups is 1. The third-order valence-electron chi connectivity index (χ3n) is 5.39. The van der Waals surface area contributed by atoms with Crippen LogP contribution in [0.5, 0.6) is 5.75 Å². The molecule has 1 saturated heterocycles. The Balaban J connectivity index is 1.31. The quantitative estimate of drug-likeness (QED) is 0.569. The largest absolute Gasteiger partial charge is 0.497 e. The van der Waals surface area contributed by atoms with E-state index in [1.54, 1.807) is 13.2 Å². The second-order valence-corrected chi connectivity index (χ2v) is 7.33. The van der Waals surface area contributed by atoms with Gasteiger partial charge >= 0.3 is 0 Å². The molecule has 160 valence electrons. The molecule has 1 aromatic heterocycles. The Kier molecular flexibility index (Phi) is 6.31. The van der Waals surface area contributed by atoms with Crippen molar-refractivity contribution < 1.29 is 14.1 Å². The number of anilines is 1. The van der Waals surface area contributed by atoms with Crippen molar-refractivity contribution in [3.05, 3.63) is 66.1 Å². The van der Waals surface area contributed by atoms with E-state index in [0.717, 1.165) is 42.1 Å². The lowest BCUT2D eigenvalue weighted by Gasteiger charge is -2.35. The van der Waals surface area contributed by atoms with Crippen molar-refractivity contribution in [1.82, 2.24) is 15.0 Å². The Hall–Kier alpha value is -3.61. The Morgan fingerprint density at radius 2 is 1.77 bits per heavy atom. The molecule has 3 aromatic rings. The molecule has 0 saturated carbocycles. The summed E-state index contributed by atoms with van der Waals surface area (Å²) in [5, 5.41) is 4.02. The number of piperazine rings is 1. The van der Waals surface area contributed by atoms with Crippen LogP contribution in [0.1, 0.15) is 18.4 Å². The summed E-state index contributed by atoms with van der Waals surface area (Å²) >= 11 is 0. The molecule has 0 N–H and O–H groups in total. The highest BCUT2D eigenvalue weighted by atomic mass is 16.5. The lowest BCUT2D eigenvalue weighted by atomic mass is 10.1. The molecule has 7 nitrogen and oxygen atoms in total. The molecule has 1 amide bonds. The van der Waals surface area contributed by atoms with E-state index in [1.807, 2.05) is 54.3 Å². The topological polar surface area (TPSA) is 71.7 Å². The van der Waals surface area contributed by atoms with Crippen LogP contribution in [0, 0.1) is 0 Å². The van der Waals surface area contributed by atoms with E-state index >= 15 is 0 Å². The van der Waals surface area contributed by atoms with Crippen LogP contribution in [0.2, 0.25) is 0 Å². The van der Waals surface area contributed by atoms with Gasteiger partial charge in [0.05, 0.1) is 7.11 Å². The molecular formula is C24H26N4O3. The Labute approximate surface area is 181 Å². The maximum absolute atomic E-state index is 12.5. The van der Waals surface area contributed by atoms with Crippen LogP contribution in [-0.2, 0) is 11.2 Å². The van der Waals surface area contributed by atoms with Crippen LogP contribution in [0.4, 0.5) is 5.69 Å². The second-order valence-electron chi connectivity index (χ2n) is 7.33. The molecule has 0 spiro atoms. The lowest BCUT2D eigenvalue weighted by molar-refractivity contribution is -0.126. The smallest absolute Gasteiger partial charge is 0.246 e. The highest BCUT2D eigenvalue weighted by molar-refractivity contribution is 5.92. The van der Waals surface area contributed by atoms with E-state index in [0.29, 0.717) is 24.8 Å². The molecule has 31 heavy (non-hydrogen) atoms. The fraction of sp³-hybridized carbons (Fsp3) is 0.292. The number of nitrogens with zero attached hydrogens (tertiary/aromatic N) is 4. The maximum Gasteiger partial charge on any atom is 0.246 e. The zero-order valence-corrected chi connectivity index (χ0v) is 17.8. The Morgan fingerprint density at radius 3 is 2.39 bits per heavy atom. The number of rotatable bonds is 6. The van der Waals surface area contributed by atoms with Gasteiger partial charge in [-0.3, -0.25) is 4.79 Å². The number of ether oxygens (including phenoxy) is 1. The number of aromatic nitrogens is 2. The molecule has 1 aliphatic heterocycles. The molecule has 7 heteroatoms. The molecule has 0 unspecified atom stereocenters. The first-order valence-electron chi connectivity index (χ1n) is 10.5. The summed E-state index contributed by atoms with van der Waals surface area (Å²) in [5.41, 5.74) is 3.04. The number of carbonyl (C=O) groups excluding carboxylic acids is 1. The van der Waals surface area contributed by atoms with Gasteiger partial charge in [-0.15, -0.1) is 0 Å². The normalized spacial score (nSPS) is 14.3. The van der Waals surface area contributed by atoms with Gasteiger partial charge in [0, 0.05) is 49.9 Å². The van der Waals surface area contributed by atoms with Crippen molar-refractivity contribution in [2.24, 2.45) is 0 Å². The van der Waals surface area contributed by atoms with Gasteiger partial charge in [-0.25, -0.2) is 0 Å². The van der Waals surface area contributed by atoms with Gasteiger partial charge in [0.15, 0.2) is 0 Å². The molecule has 0 bridgehead atoms. The number of aryl methyl sites for hydroxylation is 1. The van der Waals surface area contributed by atoms with Crippen LogP contribution in [0.25, 0.3) is 17.5 Å². The summed E-state index contributed by atoms with van der Waals surface area (Å²) in [6, 6.07) is 15.8. The molecule has 4 rings (SSSR count). The molecule has 0 radical (unpaired) electrons. The number of benzene rings is 2. The molecule has 1 fully saturated rings. The summed E-state index contributed by atoms with van der Waals surface area (Å²) in [6.07, 6.45) is 4.21. The predicted molar refractivity (Wildman–Crippen MR) is 120 cm³/mol. The fourth-order valence-corrected chi connectivity index (χ4v) is 3.51. The molecule has 2 heterocycles. The van der Waals surface area contributed by atoms with E-state index in [-0.39, 0.29) is 5.91 Å². The molecule has 0 atom stereocenters. The van der Waals surface area contributed by atoms with Crippen molar-refractivity contribution in [3.63, 3.8) is 0 Å². The van der Waals surface area contributed by atoms with Gasteiger partial charge in [-0.05, 0) is 48.0 Å². The molecule has 1 aliphatic rings. The second kappa shape index (κ2) is 9.47. The molecule has 2 aromatic carbocycles. The van der Waals surface area contributed by atoms with E-state index in [2.05, 4.69) is 27.2 Å². The molecular weight excluding hydrogens is 392 g/mol. The number of hydrogen-bond acceptors (Lipinski definition) is 6. The highest BCUT2D eigenvalue weighted by Gasteiger charge is 2.20. The summed E-state index contributed by atoms with van der Waals surface area (Å²) < 4.78 is 10.3. The SMILES string of the molecule is CCc1nc(-c2ccc(N3CCN(C(=O)C=Cc4ccc(OC)cc4)CC3)cc2)no1. The van der Waals surface area contributed by atoms with Crippen LogP contribution < -0.4 is 9.64 Å². The number of amides is 1. The third-order valence-corrected chi connectivity index (χ3v) is 5.39. The standard InChI is InChI=1S/C24H26N4O3/c1-3-22-25-24(26-31-22)19-7-9-20(10-8-19)27-14-16-28(17-15-27)23(29)13-6-18-4-11-21(30-2)12-5-18/h4-13H,3,14-17H2,1-2H3. The van der Waals surface area contributed by atoms with Gasteiger partial charge in [0.25, 0.3) is 0 Å². The summed E-state index contributed by atoms with van der Waals surface area (Å²) in [6.45, 7) is 4.96. The first-order chi connectivity index (χ1) is 15.2. The van der Waals surface area contributed by atoms with Crippen molar-refractivity contribution in [2.45, 2.75) is 13.3 Å². The summed E-state index contributed by atoms with van der Waals surface area (Å²) in [4.78, 5) is 21.1. The first-order valence-corrected chi connectivity index (χ1v) is 10.5. The van der Waals surface area contributed by atoms with E-state index < -0.39 is 0 Å². The minimum absolute atomic E-state index is 0.0367. The van der Waals surface area contributed by atoms with Gasteiger partial charge < -0.3 is 19.1 Å². The summed E-state index contributed by atoms with van der Waals surface area (Å²) in [7, 11) is 1.64. The van der Waals surface area contributed by atoms with Crippen molar-refractivity contribution in [1.29, 1.82) is 0 Å². The average molecular weight is 418 g/mol. The number of methoxy groups -OCH3 is 1. The maximum atomic E-state index is 12.5. The monoisotopic (exact) mass is 418 g/mol. The van der Waals surface area contributed by atoms with E-state index in [1.165, 1.54) is 0 Å². The number of hydrogen-bond donors (Lipinski definition) is 0. The van der Waals surface area contributed by atoms with Gasteiger partial charge in [0.2, 0.25) is 17.6 Å². The lowest BCUT2D eigenvalue weighted by Crippen LogP contribution is -2.48. The van der Waals surface area contributed by atoms with Crippen molar-refractivity contribution in [2.75, 3.05) is 38.2 Å². The first kappa shape index (κ1) is 20.7. The van der Waals surface area contributed by atoms with Gasteiger partial charge in [-0.1, -0.05) is 24.2 Å². The Morgan fingerprint density at radius 1 is 1.06 bits per heavy atom. The average Bonchev–Trinajstić information content (AvgIpc) is 3.32. The van der Waals surface area contributed by atoms with Crippen LogP contribution >= 0.6 is 0 Å². The minimum Gasteiger partial charge on any atom is -0.497 e. The Bertz CT molecular complexity index is 1030. The molecule has 0 aliphatic carbocycles. The minimum atomic E-state index is 0.0367. The van der Waals surface area contributed by atoms with Crippen molar-refractivity contribution >= 4 is 17.7 Å². The van der Waals surface area contributed by atoms with E-state index in [4.69, 9.17) is 9.26 Å². The van der Waals surface area contributed by atoms with Crippen molar-refractivity contribution in [3.8, 4) is 17.1 Å². The zero-order chi connectivity index (χ0) is 21.6.